The Morgan fingerprint density at radius 1 is 1.46 bits per heavy atom. The molecule has 13 heavy (non-hydrogen) atoms. The zero-order valence-electron chi connectivity index (χ0n) is 7.69. The molecule has 0 aromatic rings. The van der Waals surface area contributed by atoms with Gasteiger partial charge in [0.1, 0.15) is 11.9 Å². The van der Waals surface area contributed by atoms with E-state index in [1.807, 2.05) is 0 Å². The Morgan fingerprint density at radius 3 is 2.31 bits per heavy atom. The van der Waals surface area contributed by atoms with Gasteiger partial charge >= 0.3 is 5.97 Å². The van der Waals surface area contributed by atoms with Crippen molar-refractivity contribution in [2.24, 2.45) is 0 Å². The molecule has 1 N–H and O–H groups in total. The summed E-state index contributed by atoms with van der Waals surface area (Å²) in [5.74, 6) is -0.995. The van der Waals surface area contributed by atoms with Gasteiger partial charge in [-0.05, 0) is 6.42 Å². The third-order valence-corrected chi connectivity index (χ3v) is 2.23. The van der Waals surface area contributed by atoms with Crippen molar-refractivity contribution in [2.45, 2.75) is 32.8 Å². The maximum Gasteiger partial charge on any atom is 0.305 e. The van der Waals surface area contributed by atoms with Crippen molar-refractivity contribution in [3.05, 3.63) is 0 Å². The van der Waals surface area contributed by atoms with Gasteiger partial charge in [-0.15, -0.1) is 0 Å². The molecule has 0 amide bonds. The molecule has 0 aliphatic rings. The first-order chi connectivity index (χ1) is 5.89. The van der Waals surface area contributed by atoms with E-state index in [0.29, 0.717) is 6.42 Å². The van der Waals surface area contributed by atoms with Gasteiger partial charge in [0.05, 0.1) is 0 Å². The Balaban J connectivity index is 4.13. The predicted octanol–water partition coefficient (Wildman–Crippen LogP) is 0.606. The molecule has 0 aromatic heterocycles. The van der Waals surface area contributed by atoms with Crippen LogP contribution in [0, 0.1) is 0 Å². The molecule has 0 rings (SSSR count). The minimum absolute atomic E-state index is 0.196. The first-order valence-corrected chi connectivity index (χ1v) is 5.64. The average Bonchev–Trinajstić information content (AvgIpc) is 2.00. The summed E-state index contributed by atoms with van der Waals surface area (Å²) >= 11 is 0. The molecule has 0 saturated carbocycles. The largest absolute Gasteiger partial charge is 0.461 e. The molecule has 0 aromatic carbocycles. The number of ether oxygens (including phenoxy) is 1. The molecular formula is C7H14O5S. The van der Waals surface area contributed by atoms with Crippen LogP contribution >= 0.6 is 0 Å². The van der Waals surface area contributed by atoms with Crippen LogP contribution in [0.4, 0.5) is 0 Å². The van der Waals surface area contributed by atoms with Crippen molar-refractivity contribution in [3.8, 4) is 0 Å². The molecular weight excluding hydrogens is 196 g/mol. The van der Waals surface area contributed by atoms with E-state index in [4.69, 9.17) is 9.29 Å². The molecule has 0 spiro atoms. The maximum absolute atomic E-state index is 10.8. The summed E-state index contributed by atoms with van der Waals surface area (Å²) in [5.41, 5.74) is 0. The molecule has 0 bridgehead atoms. The first kappa shape index (κ1) is 12.4. The quantitative estimate of drug-likeness (QED) is 0.531. The van der Waals surface area contributed by atoms with Gasteiger partial charge in [0, 0.05) is 6.42 Å². The molecule has 0 saturated heterocycles. The second-order valence-corrected chi connectivity index (χ2v) is 4.12. The topological polar surface area (TPSA) is 80.7 Å². The van der Waals surface area contributed by atoms with Crippen molar-refractivity contribution in [1.29, 1.82) is 0 Å². The van der Waals surface area contributed by atoms with Gasteiger partial charge in [-0.2, -0.15) is 8.42 Å². The van der Waals surface area contributed by atoms with Crippen LogP contribution in [0.5, 0.6) is 0 Å². The van der Waals surface area contributed by atoms with Gasteiger partial charge in [0.2, 0.25) is 0 Å². The van der Waals surface area contributed by atoms with E-state index in [-0.39, 0.29) is 6.42 Å². The highest BCUT2D eigenvalue weighted by molar-refractivity contribution is 7.85. The lowest BCUT2D eigenvalue weighted by molar-refractivity contribution is -0.147. The number of carbonyl (C=O) groups excluding carboxylic acids is 1. The van der Waals surface area contributed by atoms with Crippen LogP contribution in [0.1, 0.15) is 26.7 Å². The van der Waals surface area contributed by atoms with Gasteiger partial charge < -0.3 is 4.74 Å². The van der Waals surface area contributed by atoms with E-state index in [9.17, 15) is 13.2 Å². The molecule has 0 fully saturated rings. The molecule has 78 valence electrons. The Hall–Kier alpha value is -0.620. The van der Waals surface area contributed by atoms with Crippen molar-refractivity contribution in [3.63, 3.8) is 0 Å². The highest BCUT2D eigenvalue weighted by atomic mass is 32.2. The summed E-state index contributed by atoms with van der Waals surface area (Å²) < 4.78 is 34.1. The van der Waals surface area contributed by atoms with E-state index in [2.05, 4.69) is 0 Å². The van der Waals surface area contributed by atoms with Crippen LogP contribution in [-0.4, -0.2) is 30.8 Å². The lowest BCUT2D eigenvalue weighted by Gasteiger charge is -2.13. The Kier molecular flexibility index (Phi) is 4.94. The molecule has 0 aliphatic heterocycles. The zero-order valence-corrected chi connectivity index (χ0v) is 8.50. The molecule has 1 unspecified atom stereocenters. The van der Waals surface area contributed by atoms with Crippen LogP contribution in [0.2, 0.25) is 0 Å². The van der Waals surface area contributed by atoms with Crippen molar-refractivity contribution >= 4 is 16.1 Å². The molecule has 5 nitrogen and oxygen atoms in total. The third-order valence-electron chi connectivity index (χ3n) is 1.44. The lowest BCUT2D eigenvalue weighted by Crippen LogP contribution is -2.25. The van der Waals surface area contributed by atoms with Crippen molar-refractivity contribution in [1.82, 2.24) is 0 Å². The van der Waals surface area contributed by atoms with Gasteiger partial charge in [-0.25, -0.2) is 0 Å². The van der Waals surface area contributed by atoms with Crippen LogP contribution < -0.4 is 0 Å². The number of hydrogen-bond donors (Lipinski definition) is 1. The molecule has 0 radical (unpaired) electrons. The van der Waals surface area contributed by atoms with E-state index in [0.717, 1.165) is 0 Å². The molecule has 1 atom stereocenters. The van der Waals surface area contributed by atoms with Crippen LogP contribution in [0.3, 0.4) is 0 Å². The summed E-state index contributed by atoms with van der Waals surface area (Å²) in [6.45, 7) is 3.29. The fourth-order valence-electron chi connectivity index (χ4n) is 0.739. The Labute approximate surface area is 77.8 Å². The fraction of sp³-hybridized carbons (Fsp3) is 0.857. The van der Waals surface area contributed by atoms with Crippen molar-refractivity contribution < 1.29 is 22.5 Å². The standard InChI is InChI=1S/C7H14O5S/c1-3-6(5-13(9,10)11)12-7(8)4-2/h6H,3-5H2,1-2H3,(H,9,10,11). The summed E-state index contributed by atoms with van der Waals surface area (Å²) in [5, 5.41) is 0. The second kappa shape index (κ2) is 5.18. The second-order valence-electron chi connectivity index (χ2n) is 2.62. The zero-order chi connectivity index (χ0) is 10.5. The smallest absolute Gasteiger partial charge is 0.305 e. The van der Waals surface area contributed by atoms with E-state index in [1.165, 1.54) is 0 Å². The summed E-state index contributed by atoms with van der Waals surface area (Å²) in [6.07, 6.45) is -0.185. The minimum atomic E-state index is -4.07. The first-order valence-electron chi connectivity index (χ1n) is 4.03. The summed E-state index contributed by atoms with van der Waals surface area (Å²) in [4.78, 5) is 10.8. The van der Waals surface area contributed by atoms with Crippen molar-refractivity contribution in [2.75, 3.05) is 5.75 Å². The van der Waals surface area contributed by atoms with Crippen LogP contribution in [-0.2, 0) is 19.6 Å². The van der Waals surface area contributed by atoms with Gasteiger partial charge in [-0.3, -0.25) is 9.35 Å². The van der Waals surface area contributed by atoms with Gasteiger partial charge in [0.15, 0.2) is 0 Å². The highest BCUT2D eigenvalue weighted by Crippen LogP contribution is 2.03. The fourth-order valence-corrected chi connectivity index (χ4v) is 1.51. The maximum atomic E-state index is 10.8. The third kappa shape index (κ3) is 6.53. The number of rotatable bonds is 5. The molecule has 0 heterocycles. The lowest BCUT2D eigenvalue weighted by atomic mass is 10.3. The summed E-state index contributed by atoms with van der Waals surface area (Å²) in [6, 6.07) is 0. The number of hydrogen-bond acceptors (Lipinski definition) is 4. The predicted molar refractivity (Wildman–Crippen MR) is 46.9 cm³/mol. The van der Waals surface area contributed by atoms with Gasteiger partial charge in [0.25, 0.3) is 10.1 Å². The summed E-state index contributed by atoms with van der Waals surface area (Å²) in [7, 11) is -4.07. The van der Waals surface area contributed by atoms with Crippen LogP contribution in [0.25, 0.3) is 0 Å². The SMILES string of the molecule is CCC(=O)OC(CC)CS(=O)(=O)O. The highest BCUT2D eigenvalue weighted by Gasteiger charge is 2.18. The average molecular weight is 210 g/mol. The van der Waals surface area contributed by atoms with E-state index >= 15 is 0 Å². The molecule has 6 heteroatoms. The Morgan fingerprint density at radius 2 is 2.00 bits per heavy atom. The number of esters is 1. The van der Waals surface area contributed by atoms with Crippen LogP contribution in [0.15, 0.2) is 0 Å². The van der Waals surface area contributed by atoms with Gasteiger partial charge in [-0.1, -0.05) is 13.8 Å². The van der Waals surface area contributed by atoms with E-state index in [1.54, 1.807) is 13.8 Å². The normalized spacial score (nSPS) is 13.8. The number of carbonyl (C=O) groups is 1. The molecule has 0 aliphatic carbocycles. The minimum Gasteiger partial charge on any atom is -0.461 e. The van der Waals surface area contributed by atoms with E-state index < -0.39 is 27.9 Å². The Bertz CT molecular complexity index is 256. The monoisotopic (exact) mass is 210 g/mol.